The molecule has 3 aliphatic rings. The van der Waals surface area contributed by atoms with Gasteiger partial charge in [-0.1, -0.05) is 51.5 Å². The third-order valence-corrected chi connectivity index (χ3v) is 6.37. The minimum absolute atomic E-state index is 0.218. The minimum atomic E-state index is -0.218. The molecule has 0 N–H and O–H groups in total. The first-order valence-corrected chi connectivity index (χ1v) is 8.56. The number of fused-ring (bicyclic) bond motifs is 1. The van der Waals surface area contributed by atoms with Gasteiger partial charge in [-0.05, 0) is 48.0 Å². The number of rotatable bonds is 2. The van der Waals surface area contributed by atoms with Crippen LogP contribution in [0.5, 0.6) is 0 Å². The summed E-state index contributed by atoms with van der Waals surface area (Å²) in [5.41, 5.74) is 3.07. The molecule has 120 valence electrons. The Bertz CT molecular complexity index is 552. The van der Waals surface area contributed by atoms with Gasteiger partial charge >= 0.3 is 5.97 Å². The summed E-state index contributed by atoms with van der Waals surface area (Å²) in [5, 5.41) is 0. The third-order valence-electron chi connectivity index (χ3n) is 6.37. The highest BCUT2D eigenvalue weighted by Crippen LogP contribution is 2.61. The zero-order valence-corrected chi connectivity index (χ0v) is 14.2. The Morgan fingerprint density at radius 2 is 2.09 bits per heavy atom. The molecule has 0 aromatic carbocycles. The molecule has 2 fully saturated rings. The number of esters is 1. The molecule has 1 aliphatic heterocycles. The second-order valence-corrected chi connectivity index (χ2v) is 8.26. The molecule has 0 radical (unpaired) electrons. The molecule has 0 unspecified atom stereocenters. The summed E-state index contributed by atoms with van der Waals surface area (Å²) < 4.78 is 4.99. The Kier molecular flexibility index (Phi) is 3.82. The largest absolute Gasteiger partial charge is 0.458 e. The van der Waals surface area contributed by atoms with E-state index in [1.54, 1.807) is 6.08 Å². The van der Waals surface area contributed by atoms with Gasteiger partial charge in [0.2, 0.25) is 0 Å². The van der Waals surface area contributed by atoms with E-state index in [0.29, 0.717) is 23.4 Å². The van der Waals surface area contributed by atoms with Gasteiger partial charge in [0.05, 0.1) is 0 Å². The van der Waals surface area contributed by atoms with Gasteiger partial charge < -0.3 is 4.74 Å². The van der Waals surface area contributed by atoms with E-state index in [-0.39, 0.29) is 5.97 Å². The van der Waals surface area contributed by atoms with E-state index in [1.165, 1.54) is 31.3 Å². The molecule has 3 rings (SSSR count). The minimum Gasteiger partial charge on any atom is -0.458 e. The maximum Gasteiger partial charge on any atom is 0.331 e. The van der Waals surface area contributed by atoms with Gasteiger partial charge in [-0.15, -0.1) is 0 Å². The zero-order chi connectivity index (χ0) is 16.0. The van der Waals surface area contributed by atoms with Crippen LogP contribution in [-0.2, 0) is 9.53 Å². The van der Waals surface area contributed by atoms with Crippen molar-refractivity contribution < 1.29 is 9.53 Å². The van der Waals surface area contributed by atoms with Crippen LogP contribution in [0.15, 0.2) is 36.0 Å². The Balaban J connectivity index is 1.87. The number of carbonyl (C=O) groups excluding carboxylic acids is 1. The third kappa shape index (κ3) is 2.57. The Labute approximate surface area is 134 Å². The fraction of sp³-hybridized carbons (Fsp3) is 0.650. The van der Waals surface area contributed by atoms with E-state index < -0.39 is 0 Å². The Morgan fingerprint density at radius 3 is 2.77 bits per heavy atom. The van der Waals surface area contributed by atoms with Crippen molar-refractivity contribution in [1.82, 2.24) is 0 Å². The number of cyclic esters (lactones) is 1. The molecule has 2 saturated carbocycles. The predicted octanol–water partition coefficient (Wildman–Crippen LogP) is 4.82. The fourth-order valence-corrected chi connectivity index (χ4v) is 5.27. The van der Waals surface area contributed by atoms with Gasteiger partial charge in [0, 0.05) is 12.0 Å². The van der Waals surface area contributed by atoms with E-state index in [0.717, 1.165) is 17.9 Å². The van der Waals surface area contributed by atoms with Crippen molar-refractivity contribution in [3.05, 3.63) is 36.0 Å². The van der Waals surface area contributed by atoms with Crippen LogP contribution in [0.1, 0.15) is 52.9 Å². The van der Waals surface area contributed by atoms with Gasteiger partial charge in [-0.3, -0.25) is 0 Å². The highest BCUT2D eigenvalue weighted by molar-refractivity contribution is 5.85. The first-order valence-electron chi connectivity index (χ1n) is 8.56. The standard InChI is InChI=1S/C20H28O2/c1-14-6-9-17-19(2,3)10-5-11-20(17,4)16(14)8-7-15-12-18(21)22-13-15/h7-8,12,16-17H,1,5-6,9-11,13H2,2-4H3/b8-7+/t16-,17-,20+/m0/s1. The molecule has 22 heavy (non-hydrogen) atoms. The predicted molar refractivity (Wildman–Crippen MR) is 89.3 cm³/mol. The molecule has 1 heterocycles. The lowest BCUT2D eigenvalue weighted by Gasteiger charge is -2.57. The molecule has 0 spiro atoms. The summed E-state index contributed by atoms with van der Waals surface area (Å²) in [5.74, 6) is 0.955. The maximum atomic E-state index is 11.2. The van der Waals surface area contributed by atoms with E-state index in [9.17, 15) is 4.79 Å². The van der Waals surface area contributed by atoms with E-state index >= 15 is 0 Å². The highest BCUT2D eigenvalue weighted by atomic mass is 16.5. The van der Waals surface area contributed by atoms with Crippen LogP contribution < -0.4 is 0 Å². The highest BCUT2D eigenvalue weighted by Gasteiger charge is 2.52. The lowest BCUT2D eigenvalue weighted by Crippen LogP contribution is -2.48. The molecule has 0 aromatic heterocycles. The van der Waals surface area contributed by atoms with Crippen molar-refractivity contribution in [2.45, 2.75) is 52.9 Å². The number of carbonyl (C=O) groups is 1. The monoisotopic (exact) mass is 300 g/mol. The van der Waals surface area contributed by atoms with Crippen molar-refractivity contribution in [2.75, 3.05) is 6.61 Å². The van der Waals surface area contributed by atoms with Gasteiger partial charge in [0.1, 0.15) is 6.61 Å². The Hall–Kier alpha value is -1.31. The van der Waals surface area contributed by atoms with Crippen molar-refractivity contribution in [3.63, 3.8) is 0 Å². The van der Waals surface area contributed by atoms with E-state index in [4.69, 9.17) is 4.74 Å². The number of ether oxygens (including phenoxy) is 1. The van der Waals surface area contributed by atoms with Gasteiger partial charge in [0.25, 0.3) is 0 Å². The summed E-state index contributed by atoms with van der Waals surface area (Å²) in [6.07, 6.45) is 12.3. The summed E-state index contributed by atoms with van der Waals surface area (Å²) in [6.45, 7) is 12.1. The van der Waals surface area contributed by atoms with Crippen molar-refractivity contribution >= 4 is 5.97 Å². The second-order valence-electron chi connectivity index (χ2n) is 8.26. The average molecular weight is 300 g/mol. The van der Waals surface area contributed by atoms with E-state index in [1.807, 2.05) is 0 Å². The summed E-state index contributed by atoms with van der Waals surface area (Å²) in [7, 11) is 0. The lowest BCUT2D eigenvalue weighted by atomic mass is 9.47. The van der Waals surface area contributed by atoms with Gasteiger partial charge in [-0.25, -0.2) is 4.79 Å². The molecule has 0 saturated heterocycles. The molecule has 0 bridgehead atoms. The lowest BCUT2D eigenvalue weighted by molar-refractivity contribution is -0.134. The van der Waals surface area contributed by atoms with Crippen LogP contribution in [0.2, 0.25) is 0 Å². The first kappa shape index (κ1) is 15.6. The summed E-state index contributed by atoms with van der Waals surface area (Å²) in [4.78, 5) is 11.2. The van der Waals surface area contributed by atoms with Crippen LogP contribution in [0.25, 0.3) is 0 Å². The van der Waals surface area contributed by atoms with Crippen molar-refractivity contribution in [3.8, 4) is 0 Å². The molecule has 0 amide bonds. The molecule has 2 aliphatic carbocycles. The zero-order valence-electron chi connectivity index (χ0n) is 14.2. The van der Waals surface area contributed by atoms with E-state index in [2.05, 4.69) is 39.5 Å². The van der Waals surface area contributed by atoms with Crippen LogP contribution in [0.3, 0.4) is 0 Å². The number of hydrogen-bond donors (Lipinski definition) is 0. The number of allylic oxidation sites excluding steroid dienone is 2. The molecule has 0 aromatic rings. The molecular formula is C20H28O2. The van der Waals surface area contributed by atoms with Crippen LogP contribution in [-0.4, -0.2) is 12.6 Å². The maximum absolute atomic E-state index is 11.2. The first-order chi connectivity index (χ1) is 10.3. The fourth-order valence-electron chi connectivity index (χ4n) is 5.27. The summed E-state index contributed by atoms with van der Waals surface area (Å²) >= 11 is 0. The normalized spacial score (nSPS) is 37.9. The molecule has 3 atom stereocenters. The topological polar surface area (TPSA) is 26.3 Å². The van der Waals surface area contributed by atoms with Crippen LogP contribution in [0, 0.1) is 22.7 Å². The Morgan fingerprint density at radius 1 is 1.32 bits per heavy atom. The molecule has 2 nitrogen and oxygen atoms in total. The average Bonchev–Trinajstić information content (AvgIpc) is 2.82. The smallest absolute Gasteiger partial charge is 0.331 e. The number of hydrogen-bond acceptors (Lipinski definition) is 2. The van der Waals surface area contributed by atoms with Crippen LogP contribution in [0.4, 0.5) is 0 Å². The van der Waals surface area contributed by atoms with Gasteiger partial charge in [0.15, 0.2) is 0 Å². The van der Waals surface area contributed by atoms with Crippen LogP contribution >= 0.6 is 0 Å². The quantitative estimate of drug-likeness (QED) is 0.539. The summed E-state index contributed by atoms with van der Waals surface area (Å²) in [6, 6.07) is 0. The SMILES string of the molecule is C=C1CC[C@H]2C(C)(C)CCC[C@]2(C)[C@H]1/C=C/C1=CC(=O)OC1. The van der Waals surface area contributed by atoms with Crippen molar-refractivity contribution in [2.24, 2.45) is 22.7 Å². The van der Waals surface area contributed by atoms with Gasteiger partial charge in [-0.2, -0.15) is 0 Å². The second kappa shape index (κ2) is 5.40. The molecular weight excluding hydrogens is 272 g/mol. The van der Waals surface area contributed by atoms with Crippen molar-refractivity contribution in [1.29, 1.82) is 0 Å². The molecule has 2 heteroatoms.